The van der Waals surface area contributed by atoms with Crippen molar-refractivity contribution < 1.29 is 4.39 Å². The number of hydrogen-bond acceptors (Lipinski definition) is 1. The Labute approximate surface area is 103 Å². The van der Waals surface area contributed by atoms with Crippen molar-refractivity contribution in [3.05, 3.63) is 34.6 Å². The number of alkyl halides is 1. The predicted octanol–water partition coefficient (Wildman–Crippen LogP) is 3.74. The van der Waals surface area contributed by atoms with E-state index in [-0.39, 0.29) is 5.82 Å². The summed E-state index contributed by atoms with van der Waals surface area (Å²) in [6.07, 6.45) is 1.02. The van der Waals surface area contributed by atoms with Crippen molar-refractivity contribution in [1.82, 2.24) is 5.32 Å². The van der Waals surface area contributed by atoms with Crippen molar-refractivity contribution >= 4 is 27.5 Å². The molecule has 1 aromatic rings. The predicted molar refractivity (Wildman–Crippen MR) is 66.1 cm³/mol. The Morgan fingerprint density at radius 2 is 2.27 bits per heavy atom. The van der Waals surface area contributed by atoms with Crippen LogP contribution in [0.15, 0.2) is 18.2 Å². The minimum Gasteiger partial charge on any atom is -0.310 e. The molecule has 4 heteroatoms. The van der Waals surface area contributed by atoms with Gasteiger partial charge in [-0.25, -0.2) is 4.39 Å². The van der Waals surface area contributed by atoms with Crippen LogP contribution in [0, 0.1) is 5.82 Å². The molecule has 15 heavy (non-hydrogen) atoms. The Balaban J connectivity index is 2.50. The van der Waals surface area contributed by atoms with Gasteiger partial charge >= 0.3 is 0 Å². The third-order valence-corrected chi connectivity index (χ3v) is 2.89. The van der Waals surface area contributed by atoms with Crippen LogP contribution in [0.4, 0.5) is 4.39 Å². The van der Waals surface area contributed by atoms with Gasteiger partial charge in [0.25, 0.3) is 0 Å². The van der Waals surface area contributed by atoms with Crippen molar-refractivity contribution in [2.45, 2.75) is 25.9 Å². The molecular formula is C11H14BrClFN. The first-order chi connectivity index (χ1) is 7.13. The van der Waals surface area contributed by atoms with Gasteiger partial charge < -0.3 is 5.32 Å². The van der Waals surface area contributed by atoms with Crippen LogP contribution in [0.5, 0.6) is 0 Å². The molecule has 0 aliphatic rings. The van der Waals surface area contributed by atoms with E-state index >= 15 is 0 Å². The van der Waals surface area contributed by atoms with Crippen LogP contribution in [-0.2, 0) is 6.54 Å². The molecule has 0 bridgehead atoms. The Morgan fingerprint density at radius 1 is 1.53 bits per heavy atom. The summed E-state index contributed by atoms with van der Waals surface area (Å²) in [4.78, 5) is 0. The Bertz CT molecular complexity index is 319. The first-order valence-corrected chi connectivity index (χ1v) is 6.36. The molecule has 0 fully saturated rings. The van der Waals surface area contributed by atoms with Gasteiger partial charge in [0.1, 0.15) is 5.82 Å². The average molecular weight is 295 g/mol. The van der Waals surface area contributed by atoms with Crippen molar-refractivity contribution in [2.24, 2.45) is 0 Å². The van der Waals surface area contributed by atoms with Crippen LogP contribution in [0.25, 0.3) is 0 Å². The van der Waals surface area contributed by atoms with Crippen LogP contribution >= 0.6 is 27.5 Å². The van der Waals surface area contributed by atoms with Crippen LogP contribution < -0.4 is 5.32 Å². The third kappa shape index (κ3) is 4.49. The first-order valence-electron chi connectivity index (χ1n) is 4.86. The molecule has 84 valence electrons. The minimum atomic E-state index is -0.249. The number of rotatable bonds is 5. The Morgan fingerprint density at radius 3 is 2.87 bits per heavy atom. The van der Waals surface area contributed by atoms with Crippen LogP contribution in [0.3, 0.4) is 0 Å². The van der Waals surface area contributed by atoms with E-state index in [0.29, 0.717) is 23.2 Å². The lowest BCUT2D eigenvalue weighted by Gasteiger charge is -2.12. The van der Waals surface area contributed by atoms with Crippen LogP contribution in [0.1, 0.15) is 18.9 Å². The van der Waals surface area contributed by atoms with Gasteiger partial charge in [-0.3, -0.25) is 0 Å². The maximum absolute atomic E-state index is 13.4. The monoisotopic (exact) mass is 293 g/mol. The van der Waals surface area contributed by atoms with Gasteiger partial charge in [0.15, 0.2) is 0 Å². The fraction of sp³-hybridized carbons (Fsp3) is 0.455. The van der Waals surface area contributed by atoms with Crippen LogP contribution in [0.2, 0.25) is 5.02 Å². The molecule has 0 saturated carbocycles. The number of nitrogens with one attached hydrogen (secondary N) is 1. The summed E-state index contributed by atoms with van der Waals surface area (Å²) in [5.74, 6) is -0.249. The molecule has 1 N–H and O–H groups in total. The molecule has 0 saturated heterocycles. The zero-order chi connectivity index (χ0) is 11.3. The standard InChI is InChI=1S/C11H14BrClFN/c1-8(4-5-12)15-7-9-2-3-10(13)6-11(9)14/h2-3,6,8,15H,4-5,7H2,1H3. The highest BCUT2D eigenvalue weighted by molar-refractivity contribution is 9.09. The normalized spacial score (nSPS) is 12.8. The lowest BCUT2D eigenvalue weighted by atomic mass is 10.2. The van der Waals surface area contributed by atoms with Crippen molar-refractivity contribution in [2.75, 3.05) is 5.33 Å². The van der Waals surface area contributed by atoms with Crippen molar-refractivity contribution in [3.8, 4) is 0 Å². The number of hydrogen-bond donors (Lipinski definition) is 1. The van der Waals surface area contributed by atoms with Crippen molar-refractivity contribution in [3.63, 3.8) is 0 Å². The summed E-state index contributed by atoms with van der Waals surface area (Å²) in [6, 6.07) is 5.13. The highest BCUT2D eigenvalue weighted by atomic mass is 79.9. The molecule has 0 aromatic heterocycles. The summed E-state index contributed by atoms with van der Waals surface area (Å²) >= 11 is 9.03. The molecule has 1 aromatic carbocycles. The summed E-state index contributed by atoms with van der Waals surface area (Å²) in [5, 5.41) is 4.63. The quantitative estimate of drug-likeness (QED) is 0.816. The lowest BCUT2D eigenvalue weighted by Crippen LogP contribution is -2.26. The fourth-order valence-corrected chi connectivity index (χ4v) is 2.06. The summed E-state index contributed by atoms with van der Waals surface area (Å²) in [5.41, 5.74) is 0.654. The van der Waals surface area contributed by atoms with Crippen molar-refractivity contribution in [1.29, 1.82) is 0 Å². The molecule has 0 spiro atoms. The zero-order valence-electron chi connectivity index (χ0n) is 8.56. The lowest BCUT2D eigenvalue weighted by molar-refractivity contribution is 0.520. The van der Waals surface area contributed by atoms with Gasteiger partial charge in [-0.15, -0.1) is 0 Å². The third-order valence-electron chi connectivity index (χ3n) is 2.20. The van der Waals surface area contributed by atoms with E-state index in [1.54, 1.807) is 12.1 Å². The molecule has 1 atom stereocenters. The molecule has 0 heterocycles. The molecule has 1 unspecified atom stereocenters. The molecule has 1 nitrogen and oxygen atoms in total. The molecule has 0 aliphatic heterocycles. The summed E-state index contributed by atoms with van der Waals surface area (Å²) < 4.78 is 13.4. The van der Waals surface area contributed by atoms with Gasteiger partial charge in [0.05, 0.1) is 0 Å². The highest BCUT2D eigenvalue weighted by Gasteiger charge is 2.05. The average Bonchev–Trinajstić information content (AvgIpc) is 2.17. The number of benzene rings is 1. The van der Waals surface area contributed by atoms with E-state index in [1.807, 2.05) is 0 Å². The number of halogens is 3. The van der Waals surface area contributed by atoms with Gasteiger partial charge in [0.2, 0.25) is 0 Å². The first kappa shape index (κ1) is 12.9. The van der Waals surface area contributed by atoms with E-state index in [9.17, 15) is 4.39 Å². The highest BCUT2D eigenvalue weighted by Crippen LogP contribution is 2.14. The summed E-state index contributed by atoms with van der Waals surface area (Å²) in [6.45, 7) is 2.62. The molecule has 0 aliphatic carbocycles. The second kappa shape index (κ2) is 6.46. The Hall–Kier alpha value is -0.120. The molecular weight excluding hydrogens is 280 g/mol. The zero-order valence-corrected chi connectivity index (χ0v) is 10.9. The largest absolute Gasteiger partial charge is 0.310 e. The van der Waals surface area contributed by atoms with Gasteiger partial charge in [0, 0.05) is 28.5 Å². The van der Waals surface area contributed by atoms with Gasteiger partial charge in [-0.1, -0.05) is 33.6 Å². The van der Waals surface area contributed by atoms with Gasteiger partial charge in [-0.05, 0) is 25.5 Å². The van der Waals surface area contributed by atoms with E-state index < -0.39 is 0 Å². The second-order valence-corrected chi connectivity index (χ2v) is 4.72. The second-order valence-electron chi connectivity index (χ2n) is 3.50. The molecule has 1 rings (SSSR count). The fourth-order valence-electron chi connectivity index (χ4n) is 1.21. The van der Waals surface area contributed by atoms with Gasteiger partial charge in [-0.2, -0.15) is 0 Å². The molecule has 0 radical (unpaired) electrons. The van der Waals surface area contributed by atoms with Crippen LogP contribution in [-0.4, -0.2) is 11.4 Å². The SMILES string of the molecule is CC(CCBr)NCc1ccc(Cl)cc1F. The van der Waals surface area contributed by atoms with E-state index in [1.165, 1.54) is 6.07 Å². The maximum Gasteiger partial charge on any atom is 0.129 e. The minimum absolute atomic E-state index is 0.249. The summed E-state index contributed by atoms with van der Waals surface area (Å²) in [7, 11) is 0. The Kier molecular flexibility index (Phi) is 5.58. The smallest absolute Gasteiger partial charge is 0.129 e. The van der Waals surface area contributed by atoms with E-state index in [2.05, 4.69) is 28.2 Å². The topological polar surface area (TPSA) is 12.0 Å². The van der Waals surface area contributed by atoms with E-state index in [0.717, 1.165) is 11.8 Å². The van der Waals surface area contributed by atoms with E-state index in [4.69, 9.17) is 11.6 Å². The maximum atomic E-state index is 13.4. The molecule has 0 amide bonds.